The van der Waals surface area contributed by atoms with Crippen molar-refractivity contribution in [1.29, 1.82) is 0 Å². The highest BCUT2D eigenvalue weighted by molar-refractivity contribution is 8.00. The third kappa shape index (κ3) is 5.13. The SMILES string of the molecule is O=C(CSc1ccc(Cl)cc1)N[C@@H]1CC[C@@H]1NC1CCCCC1. The van der Waals surface area contributed by atoms with Crippen LogP contribution in [0.25, 0.3) is 0 Å². The predicted molar refractivity (Wildman–Crippen MR) is 97.1 cm³/mol. The molecule has 2 atom stereocenters. The average molecular weight is 353 g/mol. The molecule has 2 N–H and O–H groups in total. The molecule has 5 heteroatoms. The quantitative estimate of drug-likeness (QED) is 0.760. The van der Waals surface area contributed by atoms with Gasteiger partial charge in [-0.3, -0.25) is 4.79 Å². The highest BCUT2D eigenvalue weighted by Crippen LogP contribution is 2.25. The summed E-state index contributed by atoms with van der Waals surface area (Å²) in [5, 5.41) is 7.67. The van der Waals surface area contributed by atoms with E-state index in [9.17, 15) is 4.79 Å². The molecule has 0 aromatic heterocycles. The van der Waals surface area contributed by atoms with Gasteiger partial charge in [0.05, 0.1) is 5.75 Å². The van der Waals surface area contributed by atoms with Crippen LogP contribution in [0, 0.1) is 0 Å². The highest BCUT2D eigenvalue weighted by atomic mass is 35.5. The van der Waals surface area contributed by atoms with Crippen molar-refractivity contribution in [1.82, 2.24) is 10.6 Å². The summed E-state index contributed by atoms with van der Waals surface area (Å²) in [6.45, 7) is 0. The maximum atomic E-state index is 12.1. The second-order valence-electron chi connectivity index (χ2n) is 6.60. The van der Waals surface area contributed by atoms with Gasteiger partial charge in [-0.15, -0.1) is 11.8 Å². The second-order valence-corrected chi connectivity index (χ2v) is 8.09. The Morgan fingerprint density at radius 1 is 1.04 bits per heavy atom. The lowest BCUT2D eigenvalue weighted by Gasteiger charge is -2.41. The van der Waals surface area contributed by atoms with Crippen molar-refractivity contribution in [3.05, 3.63) is 29.3 Å². The van der Waals surface area contributed by atoms with Gasteiger partial charge in [0.2, 0.25) is 5.91 Å². The Kier molecular flexibility index (Phi) is 6.26. The number of hydrogen-bond donors (Lipinski definition) is 2. The van der Waals surface area contributed by atoms with E-state index in [1.54, 1.807) is 11.8 Å². The molecular weight excluding hydrogens is 328 g/mol. The predicted octanol–water partition coefficient (Wildman–Crippen LogP) is 4.00. The lowest BCUT2D eigenvalue weighted by Crippen LogP contribution is -2.59. The Bertz CT molecular complexity index is 516. The first-order chi connectivity index (χ1) is 11.2. The normalized spacial score (nSPS) is 24.9. The van der Waals surface area contributed by atoms with Crippen LogP contribution in [0.1, 0.15) is 44.9 Å². The van der Waals surface area contributed by atoms with Gasteiger partial charge in [-0.05, 0) is 49.9 Å². The summed E-state index contributed by atoms with van der Waals surface area (Å²) in [5.74, 6) is 0.596. The first-order valence-corrected chi connectivity index (χ1v) is 10.0. The van der Waals surface area contributed by atoms with E-state index in [1.165, 1.54) is 38.5 Å². The number of nitrogens with one attached hydrogen (secondary N) is 2. The molecular formula is C18H25ClN2OS. The minimum absolute atomic E-state index is 0.130. The van der Waals surface area contributed by atoms with Gasteiger partial charge in [-0.1, -0.05) is 30.9 Å². The standard InChI is InChI=1S/C18H25ClN2OS/c19-13-6-8-15(9-7-13)23-12-18(22)21-17-11-10-16(17)20-14-4-2-1-3-5-14/h6-9,14,16-17,20H,1-5,10-12H2,(H,21,22)/t16-,17+/m0/s1. The van der Waals surface area contributed by atoms with Crippen molar-refractivity contribution in [2.24, 2.45) is 0 Å². The average Bonchev–Trinajstić information content (AvgIpc) is 2.57. The van der Waals surface area contributed by atoms with E-state index in [1.807, 2.05) is 24.3 Å². The van der Waals surface area contributed by atoms with Gasteiger partial charge in [0, 0.05) is 28.0 Å². The molecule has 0 aliphatic heterocycles. The fraction of sp³-hybridized carbons (Fsp3) is 0.611. The number of rotatable bonds is 6. The minimum atomic E-state index is 0.130. The van der Waals surface area contributed by atoms with E-state index in [4.69, 9.17) is 11.6 Å². The number of hydrogen-bond acceptors (Lipinski definition) is 3. The molecule has 1 amide bonds. The number of halogens is 1. The van der Waals surface area contributed by atoms with Crippen LogP contribution in [0.3, 0.4) is 0 Å². The van der Waals surface area contributed by atoms with Crippen molar-refractivity contribution in [2.45, 2.75) is 68.0 Å². The minimum Gasteiger partial charge on any atom is -0.351 e. The molecule has 0 radical (unpaired) electrons. The summed E-state index contributed by atoms with van der Waals surface area (Å²) in [7, 11) is 0. The van der Waals surface area contributed by atoms with Gasteiger partial charge >= 0.3 is 0 Å². The molecule has 2 aliphatic carbocycles. The van der Waals surface area contributed by atoms with Gasteiger partial charge in [0.25, 0.3) is 0 Å². The zero-order chi connectivity index (χ0) is 16.1. The zero-order valence-corrected chi connectivity index (χ0v) is 15.0. The lowest BCUT2D eigenvalue weighted by atomic mass is 9.84. The summed E-state index contributed by atoms with van der Waals surface area (Å²) in [6, 6.07) is 9.08. The number of carbonyl (C=O) groups is 1. The monoisotopic (exact) mass is 352 g/mol. The molecule has 23 heavy (non-hydrogen) atoms. The van der Waals surface area contributed by atoms with E-state index in [0.29, 0.717) is 23.9 Å². The Morgan fingerprint density at radius 2 is 1.74 bits per heavy atom. The number of carbonyl (C=O) groups excluding carboxylic acids is 1. The summed E-state index contributed by atoms with van der Waals surface area (Å²) < 4.78 is 0. The van der Waals surface area contributed by atoms with Crippen LogP contribution in [-0.4, -0.2) is 29.8 Å². The maximum Gasteiger partial charge on any atom is 0.230 e. The van der Waals surface area contributed by atoms with Gasteiger partial charge < -0.3 is 10.6 Å². The maximum absolute atomic E-state index is 12.1. The van der Waals surface area contributed by atoms with Crippen LogP contribution in [-0.2, 0) is 4.79 Å². The first kappa shape index (κ1) is 17.1. The molecule has 2 saturated carbocycles. The van der Waals surface area contributed by atoms with Crippen LogP contribution in [0.5, 0.6) is 0 Å². The Hall–Kier alpha value is -0.710. The fourth-order valence-corrected chi connectivity index (χ4v) is 4.21. The Morgan fingerprint density at radius 3 is 2.39 bits per heavy atom. The molecule has 0 saturated heterocycles. The lowest BCUT2D eigenvalue weighted by molar-refractivity contribution is -0.120. The van der Waals surface area contributed by atoms with Crippen molar-refractivity contribution >= 4 is 29.3 Å². The van der Waals surface area contributed by atoms with Crippen LogP contribution < -0.4 is 10.6 Å². The van der Waals surface area contributed by atoms with Crippen LogP contribution >= 0.6 is 23.4 Å². The van der Waals surface area contributed by atoms with Crippen LogP contribution in [0.4, 0.5) is 0 Å². The first-order valence-electron chi connectivity index (χ1n) is 8.64. The van der Waals surface area contributed by atoms with Gasteiger partial charge in [-0.25, -0.2) is 0 Å². The molecule has 3 rings (SSSR count). The van der Waals surface area contributed by atoms with E-state index in [2.05, 4.69) is 10.6 Å². The molecule has 0 heterocycles. The molecule has 0 unspecified atom stereocenters. The summed E-state index contributed by atoms with van der Waals surface area (Å²) in [6.07, 6.45) is 8.95. The third-order valence-corrected chi connectivity index (χ3v) is 6.12. The molecule has 1 aromatic carbocycles. The van der Waals surface area contributed by atoms with Gasteiger partial charge in [0.15, 0.2) is 0 Å². The van der Waals surface area contributed by atoms with Gasteiger partial charge in [-0.2, -0.15) is 0 Å². The largest absolute Gasteiger partial charge is 0.351 e. The van der Waals surface area contributed by atoms with Crippen molar-refractivity contribution in [3.63, 3.8) is 0 Å². The third-order valence-electron chi connectivity index (χ3n) is 4.86. The Balaban J connectivity index is 1.38. The van der Waals surface area contributed by atoms with E-state index in [0.717, 1.165) is 16.3 Å². The number of amides is 1. The van der Waals surface area contributed by atoms with Crippen molar-refractivity contribution in [2.75, 3.05) is 5.75 Å². The fourth-order valence-electron chi connectivity index (χ4n) is 3.37. The van der Waals surface area contributed by atoms with Crippen LogP contribution in [0.2, 0.25) is 5.02 Å². The molecule has 126 valence electrons. The number of thioether (sulfide) groups is 1. The molecule has 3 nitrogen and oxygen atoms in total. The summed E-state index contributed by atoms with van der Waals surface area (Å²) in [5.41, 5.74) is 0. The topological polar surface area (TPSA) is 41.1 Å². The molecule has 0 bridgehead atoms. The van der Waals surface area contributed by atoms with Crippen LogP contribution in [0.15, 0.2) is 29.2 Å². The van der Waals surface area contributed by atoms with Crippen molar-refractivity contribution in [3.8, 4) is 0 Å². The molecule has 2 fully saturated rings. The summed E-state index contributed by atoms with van der Waals surface area (Å²) in [4.78, 5) is 13.2. The van der Waals surface area contributed by atoms with E-state index < -0.39 is 0 Å². The number of benzene rings is 1. The second kappa shape index (κ2) is 8.41. The zero-order valence-electron chi connectivity index (χ0n) is 13.4. The molecule has 0 spiro atoms. The van der Waals surface area contributed by atoms with Gasteiger partial charge in [0.1, 0.15) is 0 Å². The van der Waals surface area contributed by atoms with Crippen molar-refractivity contribution < 1.29 is 4.79 Å². The molecule has 2 aliphatic rings. The van der Waals surface area contributed by atoms with E-state index in [-0.39, 0.29) is 5.91 Å². The van der Waals surface area contributed by atoms with E-state index >= 15 is 0 Å². The Labute approximate surface area is 147 Å². The highest BCUT2D eigenvalue weighted by Gasteiger charge is 2.33. The molecule has 1 aromatic rings. The smallest absolute Gasteiger partial charge is 0.230 e. The summed E-state index contributed by atoms with van der Waals surface area (Å²) >= 11 is 7.43.